The van der Waals surface area contributed by atoms with Crippen LogP contribution >= 0.6 is 0 Å². The summed E-state index contributed by atoms with van der Waals surface area (Å²) in [6.45, 7) is 0.705. The molecule has 0 saturated carbocycles. The lowest BCUT2D eigenvalue weighted by Gasteiger charge is -2.16. The molecule has 0 radical (unpaired) electrons. The third kappa shape index (κ3) is 2.90. The smallest absolute Gasteiger partial charge is 0.167 e. The number of aliphatic hydroxyl groups excluding tert-OH is 2. The van der Waals surface area contributed by atoms with E-state index < -0.39 is 24.5 Å². The number of benzene rings is 1. The van der Waals surface area contributed by atoms with Crippen molar-refractivity contribution in [2.45, 2.75) is 31.1 Å². The van der Waals surface area contributed by atoms with Crippen molar-refractivity contribution < 1.29 is 14.9 Å². The number of aliphatic hydroxyl groups is 2. The predicted molar refractivity (Wildman–Crippen MR) is 94.1 cm³/mol. The summed E-state index contributed by atoms with van der Waals surface area (Å²) in [7, 11) is 0. The molecule has 136 valence electrons. The number of ether oxygens (including phenoxy) is 1. The molecule has 0 aliphatic carbocycles. The molecule has 4 atom stereocenters. The summed E-state index contributed by atoms with van der Waals surface area (Å²) in [5, 5.41) is 23.6. The van der Waals surface area contributed by atoms with E-state index in [1.807, 2.05) is 30.3 Å². The van der Waals surface area contributed by atoms with Gasteiger partial charge in [-0.2, -0.15) is 0 Å². The van der Waals surface area contributed by atoms with Crippen LogP contribution in [0.15, 0.2) is 43.0 Å². The number of nitrogens with two attached hydrogens (primary N) is 1. The Bertz CT molecular complexity index is 887. The normalized spacial score (nSPS) is 25.7. The average Bonchev–Trinajstić information content (AvgIpc) is 3.23. The Morgan fingerprint density at radius 1 is 1.12 bits per heavy atom. The molecular weight excluding hydrogens is 336 g/mol. The average molecular weight is 356 g/mol. The van der Waals surface area contributed by atoms with E-state index in [0.717, 1.165) is 5.56 Å². The highest BCUT2D eigenvalue weighted by Gasteiger charge is 2.43. The summed E-state index contributed by atoms with van der Waals surface area (Å²) in [4.78, 5) is 12.9. The lowest BCUT2D eigenvalue weighted by Crippen LogP contribution is -2.35. The quantitative estimate of drug-likeness (QED) is 0.503. The van der Waals surface area contributed by atoms with Crippen LogP contribution in [0.2, 0.25) is 0 Å². The minimum absolute atomic E-state index is 0.111. The van der Waals surface area contributed by atoms with E-state index in [9.17, 15) is 10.2 Å². The van der Waals surface area contributed by atoms with E-state index in [4.69, 9.17) is 10.5 Å². The highest BCUT2D eigenvalue weighted by molar-refractivity contribution is 5.82. The molecule has 1 aliphatic rings. The maximum Gasteiger partial charge on any atom is 0.167 e. The van der Waals surface area contributed by atoms with Gasteiger partial charge in [0.1, 0.15) is 24.6 Å². The number of hydrogen-bond acceptors (Lipinski definition) is 8. The molecule has 1 aliphatic heterocycles. The van der Waals surface area contributed by atoms with Crippen LogP contribution in [0.4, 0.5) is 5.82 Å². The van der Waals surface area contributed by atoms with E-state index in [-0.39, 0.29) is 6.54 Å². The second-order valence-corrected chi connectivity index (χ2v) is 6.17. The van der Waals surface area contributed by atoms with Crippen LogP contribution in [0.3, 0.4) is 0 Å². The molecule has 0 amide bonds. The van der Waals surface area contributed by atoms with Gasteiger partial charge in [0.05, 0.1) is 6.33 Å². The molecule has 1 fully saturated rings. The van der Waals surface area contributed by atoms with E-state index in [2.05, 4.69) is 20.3 Å². The number of rotatable bonds is 5. The van der Waals surface area contributed by atoms with Crippen molar-refractivity contribution in [1.82, 2.24) is 19.5 Å². The summed E-state index contributed by atoms with van der Waals surface area (Å²) in [5.74, 6) is 0.584. The molecule has 0 bridgehead atoms. The SMILES string of the molecule is NC[C@H]1O[C@@H](n2cnc3c(NCc4ccccc4)ncnc32)[C@H](O)[C@@H]1O. The number of imidazole rings is 1. The van der Waals surface area contributed by atoms with Gasteiger partial charge in [-0.15, -0.1) is 0 Å². The Balaban J connectivity index is 1.61. The number of nitrogens with one attached hydrogen (secondary N) is 1. The summed E-state index contributed by atoms with van der Waals surface area (Å²) in [6, 6.07) is 9.94. The zero-order valence-corrected chi connectivity index (χ0v) is 13.9. The first-order chi connectivity index (χ1) is 12.7. The van der Waals surface area contributed by atoms with Crippen LogP contribution in [0, 0.1) is 0 Å². The highest BCUT2D eigenvalue weighted by atomic mass is 16.6. The van der Waals surface area contributed by atoms with Gasteiger partial charge in [0.25, 0.3) is 0 Å². The molecule has 2 aromatic heterocycles. The maximum atomic E-state index is 10.3. The zero-order valence-electron chi connectivity index (χ0n) is 13.9. The topological polar surface area (TPSA) is 131 Å². The molecule has 9 heteroatoms. The second-order valence-electron chi connectivity index (χ2n) is 6.17. The minimum Gasteiger partial charge on any atom is -0.387 e. The van der Waals surface area contributed by atoms with Crippen molar-refractivity contribution in [3.63, 3.8) is 0 Å². The van der Waals surface area contributed by atoms with Crippen molar-refractivity contribution in [2.75, 3.05) is 11.9 Å². The van der Waals surface area contributed by atoms with Crippen molar-refractivity contribution in [3.05, 3.63) is 48.5 Å². The largest absolute Gasteiger partial charge is 0.387 e. The maximum absolute atomic E-state index is 10.3. The summed E-state index contributed by atoms with van der Waals surface area (Å²) in [6.07, 6.45) is -0.666. The van der Waals surface area contributed by atoms with Gasteiger partial charge in [-0.25, -0.2) is 15.0 Å². The van der Waals surface area contributed by atoms with Gasteiger partial charge in [-0.05, 0) is 5.56 Å². The molecule has 0 unspecified atom stereocenters. The lowest BCUT2D eigenvalue weighted by atomic mass is 10.1. The third-order valence-corrected chi connectivity index (χ3v) is 4.51. The van der Waals surface area contributed by atoms with Gasteiger partial charge in [-0.1, -0.05) is 30.3 Å². The van der Waals surface area contributed by atoms with Crippen LogP contribution in [-0.4, -0.2) is 54.6 Å². The van der Waals surface area contributed by atoms with E-state index >= 15 is 0 Å². The Morgan fingerprint density at radius 3 is 2.65 bits per heavy atom. The molecule has 0 spiro atoms. The zero-order chi connectivity index (χ0) is 18.1. The van der Waals surface area contributed by atoms with Gasteiger partial charge in [-0.3, -0.25) is 4.57 Å². The van der Waals surface area contributed by atoms with Crippen molar-refractivity contribution in [1.29, 1.82) is 0 Å². The fourth-order valence-corrected chi connectivity index (χ4v) is 3.10. The Hall–Kier alpha value is -2.59. The summed E-state index contributed by atoms with van der Waals surface area (Å²) < 4.78 is 7.27. The van der Waals surface area contributed by atoms with Gasteiger partial charge in [0.2, 0.25) is 0 Å². The van der Waals surface area contributed by atoms with Gasteiger partial charge in [0.15, 0.2) is 23.2 Å². The number of anilines is 1. The van der Waals surface area contributed by atoms with Crippen LogP contribution in [-0.2, 0) is 11.3 Å². The lowest BCUT2D eigenvalue weighted by molar-refractivity contribution is -0.0322. The Kier molecular flexibility index (Phi) is 4.51. The first-order valence-corrected chi connectivity index (χ1v) is 8.36. The second kappa shape index (κ2) is 6.96. The summed E-state index contributed by atoms with van der Waals surface area (Å²) in [5.41, 5.74) is 7.75. The van der Waals surface area contributed by atoms with Crippen molar-refractivity contribution in [3.8, 4) is 0 Å². The van der Waals surface area contributed by atoms with Crippen molar-refractivity contribution >= 4 is 17.0 Å². The number of aromatic nitrogens is 4. The standard InChI is InChI=1S/C17H20N6O3/c18-6-11-13(24)14(25)17(26-11)23-9-22-12-15(20-8-21-16(12)23)19-7-10-4-2-1-3-5-10/h1-5,8-9,11,13-14,17,24-25H,6-7,18H2,(H,19,20,21)/t11-,13-,14-,17-/m1/s1. The molecular formula is C17H20N6O3. The number of fused-ring (bicyclic) bond motifs is 1. The molecule has 3 heterocycles. The first kappa shape index (κ1) is 16.9. The highest BCUT2D eigenvalue weighted by Crippen LogP contribution is 2.31. The molecule has 5 N–H and O–H groups in total. The molecule has 3 aromatic rings. The molecule has 4 rings (SSSR count). The molecule has 9 nitrogen and oxygen atoms in total. The van der Waals surface area contributed by atoms with Crippen LogP contribution in [0.5, 0.6) is 0 Å². The van der Waals surface area contributed by atoms with Crippen molar-refractivity contribution in [2.24, 2.45) is 5.73 Å². The van der Waals surface area contributed by atoms with Gasteiger partial charge < -0.3 is 26.0 Å². The minimum atomic E-state index is -1.11. The van der Waals surface area contributed by atoms with Crippen LogP contribution < -0.4 is 11.1 Å². The summed E-state index contributed by atoms with van der Waals surface area (Å²) >= 11 is 0. The monoisotopic (exact) mass is 356 g/mol. The van der Waals surface area contributed by atoms with Gasteiger partial charge >= 0.3 is 0 Å². The first-order valence-electron chi connectivity index (χ1n) is 8.36. The fourth-order valence-electron chi connectivity index (χ4n) is 3.10. The predicted octanol–water partition coefficient (Wildman–Crippen LogP) is 0.0163. The third-order valence-electron chi connectivity index (χ3n) is 4.51. The van der Waals surface area contributed by atoms with E-state index in [0.29, 0.717) is 23.5 Å². The molecule has 1 saturated heterocycles. The van der Waals surface area contributed by atoms with Gasteiger partial charge in [0, 0.05) is 13.1 Å². The Labute approximate surface area is 149 Å². The molecule has 1 aromatic carbocycles. The number of hydrogen-bond donors (Lipinski definition) is 4. The number of nitrogens with zero attached hydrogens (tertiary/aromatic N) is 4. The van der Waals surface area contributed by atoms with E-state index in [1.54, 1.807) is 4.57 Å². The van der Waals surface area contributed by atoms with Crippen LogP contribution in [0.1, 0.15) is 11.8 Å². The van der Waals surface area contributed by atoms with E-state index in [1.165, 1.54) is 12.7 Å². The fraction of sp³-hybridized carbons (Fsp3) is 0.353. The Morgan fingerprint density at radius 2 is 1.92 bits per heavy atom. The molecule has 26 heavy (non-hydrogen) atoms. The van der Waals surface area contributed by atoms with Crippen LogP contribution in [0.25, 0.3) is 11.2 Å².